The third-order valence-electron chi connectivity index (χ3n) is 4.98. The van der Waals surface area contributed by atoms with E-state index in [2.05, 4.69) is 5.10 Å². The lowest BCUT2D eigenvalue weighted by Gasteiger charge is -2.23. The zero-order chi connectivity index (χ0) is 20.5. The standard InChI is InChI=1S/C21H20F2N2O4/c1-12(13-8-14(22)10-15(23)9-13)29-16-5-6-18-17(11-16)20(21(26)27)24-25(18)19-4-2-3-7-28-19/h5-6,8-12,19H,2-4,7H2,1H3,(H,26,27). The smallest absolute Gasteiger partial charge is 0.357 e. The van der Waals surface area contributed by atoms with Gasteiger partial charge in [0.25, 0.3) is 0 Å². The molecule has 0 saturated carbocycles. The number of ether oxygens (including phenoxy) is 2. The maximum Gasteiger partial charge on any atom is 0.357 e. The highest BCUT2D eigenvalue weighted by atomic mass is 19.1. The van der Waals surface area contributed by atoms with Crippen molar-refractivity contribution in [1.29, 1.82) is 0 Å². The summed E-state index contributed by atoms with van der Waals surface area (Å²) in [5.74, 6) is -2.15. The molecule has 152 valence electrons. The third-order valence-corrected chi connectivity index (χ3v) is 4.98. The van der Waals surface area contributed by atoms with Gasteiger partial charge in [0.1, 0.15) is 23.5 Å². The van der Waals surface area contributed by atoms with E-state index in [1.165, 1.54) is 12.1 Å². The van der Waals surface area contributed by atoms with E-state index in [9.17, 15) is 18.7 Å². The molecule has 3 aromatic rings. The molecule has 1 aliphatic heterocycles. The van der Waals surface area contributed by atoms with Gasteiger partial charge in [0.2, 0.25) is 0 Å². The number of aromatic nitrogens is 2. The van der Waals surface area contributed by atoms with Crippen molar-refractivity contribution >= 4 is 16.9 Å². The van der Waals surface area contributed by atoms with Crippen LogP contribution >= 0.6 is 0 Å². The van der Waals surface area contributed by atoms with Crippen molar-refractivity contribution in [3.63, 3.8) is 0 Å². The second-order valence-electron chi connectivity index (χ2n) is 7.06. The molecule has 4 rings (SSSR count). The molecule has 8 heteroatoms. The molecule has 0 spiro atoms. The number of aromatic carboxylic acids is 1. The van der Waals surface area contributed by atoms with E-state index >= 15 is 0 Å². The van der Waals surface area contributed by atoms with Crippen molar-refractivity contribution in [2.75, 3.05) is 6.61 Å². The molecule has 1 aromatic heterocycles. The molecule has 2 atom stereocenters. The Morgan fingerprint density at radius 2 is 2.00 bits per heavy atom. The molecule has 29 heavy (non-hydrogen) atoms. The van der Waals surface area contributed by atoms with Gasteiger partial charge in [-0.15, -0.1) is 0 Å². The van der Waals surface area contributed by atoms with Crippen molar-refractivity contribution in [1.82, 2.24) is 9.78 Å². The van der Waals surface area contributed by atoms with Gasteiger partial charge in [0, 0.05) is 18.1 Å². The molecule has 2 unspecified atom stereocenters. The molecule has 2 aromatic carbocycles. The number of hydrogen-bond acceptors (Lipinski definition) is 4. The molecular formula is C21H20F2N2O4. The van der Waals surface area contributed by atoms with Gasteiger partial charge in [-0.3, -0.25) is 0 Å². The first kappa shape index (κ1) is 19.3. The molecule has 0 aliphatic carbocycles. The largest absolute Gasteiger partial charge is 0.486 e. The Bertz CT molecular complexity index is 1040. The van der Waals surface area contributed by atoms with Gasteiger partial charge in [-0.1, -0.05) is 0 Å². The van der Waals surface area contributed by atoms with E-state index in [1.807, 2.05) is 0 Å². The minimum absolute atomic E-state index is 0.0934. The number of fused-ring (bicyclic) bond motifs is 1. The van der Waals surface area contributed by atoms with Crippen LogP contribution in [0.25, 0.3) is 10.9 Å². The minimum Gasteiger partial charge on any atom is -0.486 e. The molecule has 0 bridgehead atoms. The lowest BCUT2D eigenvalue weighted by Crippen LogP contribution is -2.19. The fourth-order valence-corrected chi connectivity index (χ4v) is 3.57. The maximum atomic E-state index is 13.5. The van der Waals surface area contributed by atoms with E-state index in [-0.39, 0.29) is 11.9 Å². The van der Waals surface area contributed by atoms with Crippen LogP contribution in [0.5, 0.6) is 5.75 Å². The zero-order valence-corrected chi connectivity index (χ0v) is 15.8. The monoisotopic (exact) mass is 402 g/mol. The Morgan fingerprint density at radius 3 is 2.66 bits per heavy atom. The number of benzene rings is 2. The minimum atomic E-state index is -1.15. The number of carboxylic acid groups (broad SMARTS) is 1. The summed E-state index contributed by atoms with van der Waals surface area (Å²) in [5, 5.41) is 14.2. The van der Waals surface area contributed by atoms with Crippen LogP contribution in [0.1, 0.15) is 54.6 Å². The SMILES string of the molecule is CC(Oc1ccc2c(c1)c(C(=O)O)nn2C1CCCCO1)c1cc(F)cc(F)c1. The maximum absolute atomic E-state index is 13.5. The van der Waals surface area contributed by atoms with Crippen molar-refractivity contribution in [3.8, 4) is 5.75 Å². The average Bonchev–Trinajstić information content (AvgIpc) is 3.07. The number of halogens is 2. The predicted molar refractivity (Wildman–Crippen MR) is 101 cm³/mol. The van der Waals surface area contributed by atoms with Crippen LogP contribution in [0.4, 0.5) is 8.78 Å². The number of hydrogen-bond donors (Lipinski definition) is 1. The van der Waals surface area contributed by atoms with Gasteiger partial charge in [0.15, 0.2) is 11.9 Å². The summed E-state index contributed by atoms with van der Waals surface area (Å²) >= 11 is 0. The van der Waals surface area contributed by atoms with Crippen LogP contribution in [0.2, 0.25) is 0 Å². The molecule has 1 fully saturated rings. The van der Waals surface area contributed by atoms with Gasteiger partial charge < -0.3 is 14.6 Å². The Kier molecular flexibility index (Phi) is 5.19. The van der Waals surface area contributed by atoms with Gasteiger partial charge in [-0.05, 0) is 62.1 Å². The van der Waals surface area contributed by atoms with Gasteiger partial charge in [0.05, 0.1) is 5.52 Å². The Hall–Kier alpha value is -3.00. The van der Waals surface area contributed by atoms with Crippen molar-refractivity contribution in [3.05, 3.63) is 59.3 Å². The molecule has 1 N–H and O–H groups in total. The van der Waals surface area contributed by atoms with Gasteiger partial charge in [-0.2, -0.15) is 5.10 Å². The second-order valence-corrected chi connectivity index (χ2v) is 7.06. The van der Waals surface area contributed by atoms with E-state index < -0.39 is 23.7 Å². The van der Waals surface area contributed by atoms with Crippen LogP contribution in [-0.2, 0) is 4.74 Å². The first-order valence-electron chi connectivity index (χ1n) is 9.42. The summed E-state index contributed by atoms with van der Waals surface area (Å²) < 4.78 is 40.1. The Balaban J connectivity index is 1.67. The quantitative estimate of drug-likeness (QED) is 0.660. The second kappa shape index (κ2) is 7.79. The summed E-state index contributed by atoms with van der Waals surface area (Å²) in [6, 6.07) is 8.18. The lowest BCUT2D eigenvalue weighted by atomic mass is 10.1. The fraction of sp³-hybridized carbons (Fsp3) is 0.333. The van der Waals surface area contributed by atoms with E-state index in [1.54, 1.807) is 29.8 Å². The zero-order valence-electron chi connectivity index (χ0n) is 15.8. The van der Waals surface area contributed by atoms with Crippen molar-refractivity contribution in [2.45, 2.75) is 38.5 Å². The van der Waals surface area contributed by atoms with Gasteiger partial charge in [-0.25, -0.2) is 18.3 Å². The molecule has 1 saturated heterocycles. The van der Waals surface area contributed by atoms with Crippen LogP contribution in [0.3, 0.4) is 0 Å². The summed E-state index contributed by atoms with van der Waals surface area (Å²) in [4.78, 5) is 11.7. The van der Waals surface area contributed by atoms with E-state index in [0.29, 0.717) is 28.8 Å². The molecular weight excluding hydrogens is 382 g/mol. The number of nitrogens with zero attached hydrogens (tertiary/aromatic N) is 2. The topological polar surface area (TPSA) is 73.6 Å². The van der Waals surface area contributed by atoms with Gasteiger partial charge >= 0.3 is 5.97 Å². The molecule has 2 heterocycles. The Morgan fingerprint density at radius 1 is 1.24 bits per heavy atom. The number of rotatable bonds is 5. The van der Waals surface area contributed by atoms with Crippen LogP contribution in [0.15, 0.2) is 36.4 Å². The number of carboxylic acids is 1. The summed E-state index contributed by atoms with van der Waals surface area (Å²) in [7, 11) is 0. The van der Waals surface area contributed by atoms with Crippen molar-refractivity contribution < 1.29 is 28.2 Å². The van der Waals surface area contributed by atoms with Crippen molar-refractivity contribution in [2.24, 2.45) is 0 Å². The predicted octanol–water partition coefficient (Wildman–Crippen LogP) is 4.85. The van der Waals surface area contributed by atoms with Crippen LogP contribution in [-0.4, -0.2) is 27.5 Å². The molecule has 1 aliphatic rings. The molecule has 6 nitrogen and oxygen atoms in total. The highest BCUT2D eigenvalue weighted by molar-refractivity contribution is 6.01. The first-order chi connectivity index (χ1) is 13.9. The molecule has 0 amide bonds. The van der Waals surface area contributed by atoms with Crippen LogP contribution in [0, 0.1) is 11.6 Å². The summed E-state index contributed by atoms with van der Waals surface area (Å²) in [6.07, 6.45) is 1.77. The van der Waals surface area contributed by atoms with E-state index in [0.717, 1.165) is 25.3 Å². The highest BCUT2D eigenvalue weighted by Gasteiger charge is 2.24. The van der Waals surface area contributed by atoms with Crippen LogP contribution < -0.4 is 4.74 Å². The molecule has 0 radical (unpaired) electrons. The summed E-state index contributed by atoms with van der Waals surface area (Å²) in [6.45, 7) is 2.27. The summed E-state index contributed by atoms with van der Waals surface area (Å²) in [5.41, 5.74) is 0.877. The third kappa shape index (κ3) is 3.93. The average molecular weight is 402 g/mol. The first-order valence-corrected chi connectivity index (χ1v) is 9.42. The Labute approximate surface area is 165 Å². The normalized spacial score (nSPS) is 18.0. The number of carbonyl (C=O) groups is 1. The lowest BCUT2D eigenvalue weighted by molar-refractivity contribution is -0.0368. The van der Waals surface area contributed by atoms with E-state index in [4.69, 9.17) is 9.47 Å². The fourth-order valence-electron chi connectivity index (χ4n) is 3.57. The highest BCUT2D eigenvalue weighted by Crippen LogP contribution is 2.32.